The monoisotopic (exact) mass is 152 g/mol. The van der Waals surface area contributed by atoms with Gasteiger partial charge in [-0.15, -0.1) is 6.42 Å². The van der Waals surface area contributed by atoms with Gasteiger partial charge in [0.05, 0.1) is 0 Å². The molecule has 0 aromatic carbocycles. The fourth-order valence-corrected chi connectivity index (χ4v) is 0.429. The Morgan fingerprint density at radius 2 is 2.09 bits per heavy atom. The highest BCUT2D eigenvalue weighted by Crippen LogP contribution is 2.05. The summed E-state index contributed by atoms with van der Waals surface area (Å²) in [4.78, 5) is 0. The smallest absolute Gasteiger partial charge is 0.148 e. The first kappa shape index (κ1) is 10.0. The minimum absolute atomic E-state index is 0.228. The second-order valence-electron chi connectivity index (χ2n) is 2.46. The molecule has 0 atom stereocenters. The zero-order chi connectivity index (χ0) is 8.74. The number of terminal acetylenes is 1. The summed E-state index contributed by atoms with van der Waals surface area (Å²) in [6, 6.07) is 0. The third-order valence-corrected chi connectivity index (χ3v) is 0.973. The van der Waals surface area contributed by atoms with E-state index in [9.17, 15) is 0 Å². The van der Waals surface area contributed by atoms with Gasteiger partial charge in [-0.1, -0.05) is 5.92 Å². The summed E-state index contributed by atoms with van der Waals surface area (Å²) in [6.07, 6.45) is 4.95. The average Bonchev–Trinajstić information content (AvgIpc) is 1.97. The Kier molecular flexibility index (Phi) is 4.38. The summed E-state index contributed by atoms with van der Waals surface area (Å²) in [6.45, 7) is 3.89. The molecule has 0 bridgehead atoms. The maximum absolute atomic E-state index is 5.19. The molecule has 11 heavy (non-hydrogen) atoms. The van der Waals surface area contributed by atoms with Crippen molar-refractivity contribution in [3.63, 3.8) is 0 Å². The fraction of sp³-hybridized carbons (Fsp3) is 0.556. The van der Waals surface area contributed by atoms with E-state index in [4.69, 9.17) is 15.9 Å². The Balaban J connectivity index is 3.91. The Morgan fingerprint density at radius 3 is 2.55 bits per heavy atom. The first-order valence-corrected chi connectivity index (χ1v) is 3.23. The van der Waals surface area contributed by atoms with Crippen molar-refractivity contribution in [2.45, 2.75) is 19.4 Å². The number of hydrogen-bond acceptors (Lipinski definition) is 2. The molecule has 0 aliphatic carbocycles. The number of hydrogen-bond donors (Lipinski definition) is 0. The minimum atomic E-state index is -0.525. The molecule has 0 radical (unpaired) electrons. The molecule has 2 nitrogen and oxygen atoms in total. The standard InChI is InChI=1S/C9H12O2/c1-5-6-7-9(2,3)11-8-10-4/h1H,8H2,2-4H3. The van der Waals surface area contributed by atoms with Crippen molar-refractivity contribution in [3.05, 3.63) is 0 Å². The molecular weight excluding hydrogens is 140 g/mol. The summed E-state index contributed by atoms with van der Waals surface area (Å²) in [5.41, 5.74) is -0.525. The van der Waals surface area contributed by atoms with E-state index < -0.39 is 5.60 Å². The van der Waals surface area contributed by atoms with E-state index in [0.717, 1.165) is 0 Å². The average molecular weight is 152 g/mol. The zero-order valence-corrected chi connectivity index (χ0v) is 7.10. The predicted molar refractivity (Wildman–Crippen MR) is 43.6 cm³/mol. The van der Waals surface area contributed by atoms with Crippen LogP contribution in [0.3, 0.4) is 0 Å². The highest BCUT2D eigenvalue weighted by molar-refractivity contribution is 5.26. The van der Waals surface area contributed by atoms with Gasteiger partial charge in [-0.2, -0.15) is 0 Å². The Labute approximate surface area is 67.9 Å². The van der Waals surface area contributed by atoms with E-state index in [-0.39, 0.29) is 6.79 Å². The fourth-order valence-electron chi connectivity index (χ4n) is 0.429. The summed E-state index contributed by atoms with van der Waals surface area (Å²) < 4.78 is 9.91. The van der Waals surface area contributed by atoms with Gasteiger partial charge in [-0.3, -0.25) is 0 Å². The number of ether oxygens (including phenoxy) is 2. The molecule has 0 aliphatic heterocycles. The van der Waals surface area contributed by atoms with Crippen LogP contribution >= 0.6 is 0 Å². The van der Waals surface area contributed by atoms with E-state index in [1.165, 1.54) is 0 Å². The molecule has 0 N–H and O–H groups in total. The third-order valence-electron chi connectivity index (χ3n) is 0.973. The quantitative estimate of drug-likeness (QED) is 0.444. The van der Waals surface area contributed by atoms with E-state index >= 15 is 0 Å². The largest absolute Gasteiger partial charge is 0.359 e. The molecule has 0 unspecified atom stereocenters. The lowest BCUT2D eigenvalue weighted by Gasteiger charge is -2.17. The van der Waals surface area contributed by atoms with Gasteiger partial charge in [0, 0.05) is 7.11 Å². The van der Waals surface area contributed by atoms with Crippen LogP contribution in [0.1, 0.15) is 13.8 Å². The van der Waals surface area contributed by atoms with Gasteiger partial charge in [0.15, 0.2) is 0 Å². The predicted octanol–water partition coefficient (Wildman–Crippen LogP) is 1.02. The SMILES string of the molecule is C#CC#CC(C)(C)OCOC. The molecular formula is C9H12O2. The first-order chi connectivity index (χ1) is 5.12. The van der Waals surface area contributed by atoms with Gasteiger partial charge in [0.25, 0.3) is 0 Å². The lowest BCUT2D eigenvalue weighted by atomic mass is 10.1. The van der Waals surface area contributed by atoms with Crippen LogP contribution < -0.4 is 0 Å². The molecule has 2 heteroatoms. The van der Waals surface area contributed by atoms with Gasteiger partial charge in [0.2, 0.25) is 0 Å². The highest BCUT2D eigenvalue weighted by atomic mass is 16.7. The minimum Gasteiger partial charge on any atom is -0.359 e. The molecule has 0 aromatic heterocycles. The summed E-state index contributed by atoms with van der Waals surface area (Å²) in [5, 5.41) is 0. The molecule has 0 aliphatic rings. The lowest BCUT2D eigenvalue weighted by molar-refractivity contribution is -0.0877. The molecule has 0 amide bonds. The van der Waals surface area contributed by atoms with E-state index in [0.29, 0.717) is 0 Å². The van der Waals surface area contributed by atoms with Crippen LogP contribution in [0.15, 0.2) is 0 Å². The number of methoxy groups -OCH3 is 1. The topological polar surface area (TPSA) is 18.5 Å². The van der Waals surface area contributed by atoms with Gasteiger partial charge in [0.1, 0.15) is 12.4 Å². The molecule has 60 valence electrons. The Morgan fingerprint density at radius 1 is 1.45 bits per heavy atom. The molecule has 0 rings (SSSR count). The Hall–Kier alpha value is -0.960. The van der Waals surface area contributed by atoms with Crippen molar-refractivity contribution in [3.8, 4) is 24.2 Å². The van der Waals surface area contributed by atoms with Crippen molar-refractivity contribution in [2.24, 2.45) is 0 Å². The van der Waals surface area contributed by atoms with Crippen molar-refractivity contribution in [2.75, 3.05) is 13.9 Å². The van der Waals surface area contributed by atoms with Crippen LogP contribution in [0.4, 0.5) is 0 Å². The van der Waals surface area contributed by atoms with Crippen molar-refractivity contribution in [1.29, 1.82) is 0 Å². The summed E-state index contributed by atoms with van der Waals surface area (Å²) in [5.74, 6) is 7.47. The molecule has 0 aromatic rings. The van der Waals surface area contributed by atoms with Crippen molar-refractivity contribution >= 4 is 0 Å². The van der Waals surface area contributed by atoms with Gasteiger partial charge >= 0.3 is 0 Å². The summed E-state index contributed by atoms with van der Waals surface area (Å²) in [7, 11) is 1.56. The molecule has 0 fully saturated rings. The molecule has 0 saturated carbocycles. The van der Waals surface area contributed by atoms with Crippen LogP contribution in [-0.4, -0.2) is 19.5 Å². The van der Waals surface area contributed by atoms with E-state index in [1.54, 1.807) is 7.11 Å². The Bertz CT molecular complexity index is 200. The van der Waals surface area contributed by atoms with Gasteiger partial charge < -0.3 is 9.47 Å². The maximum atomic E-state index is 5.19. The molecule has 0 saturated heterocycles. The van der Waals surface area contributed by atoms with Crippen molar-refractivity contribution < 1.29 is 9.47 Å². The third kappa shape index (κ3) is 5.48. The number of rotatable bonds is 3. The van der Waals surface area contributed by atoms with Crippen LogP contribution in [-0.2, 0) is 9.47 Å². The van der Waals surface area contributed by atoms with E-state index in [2.05, 4.69) is 17.8 Å². The normalized spacial score (nSPS) is 9.64. The molecule has 0 heterocycles. The van der Waals surface area contributed by atoms with E-state index in [1.807, 2.05) is 13.8 Å². The van der Waals surface area contributed by atoms with Gasteiger partial charge in [-0.25, -0.2) is 0 Å². The summed E-state index contributed by atoms with van der Waals surface area (Å²) >= 11 is 0. The first-order valence-electron chi connectivity index (χ1n) is 3.23. The van der Waals surface area contributed by atoms with Crippen LogP contribution in [0, 0.1) is 24.2 Å². The maximum Gasteiger partial charge on any atom is 0.148 e. The van der Waals surface area contributed by atoms with Crippen LogP contribution in [0.25, 0.3) is 0 Å². The zero-order valence-electron chi connectivity index (χ0n) is 7.10. The van der Waals surface area contributed by atoms with Crippen molar-refractivity contribution in [1.82, 2.24) is 0 Å². The second kappa shape index (κ2) is 4.79. The highest BCUT2D eigenvalue weighted by Gasteiger charge is 2.13. The van der Waals surface area contributed by atoms with Crippen LogP contribution in [0.2, 0.25) is 0 Å². The van der Waals surface area contributed by atoms with Gasteiger partial charge in [-0.05, 0) is 25.7 Å². The second-order valence-corrected chi connectivity index (χ2v) is 2.46. The lowest BCUT2D eigenvalue weighted by Crippen LogP contribution is -2.23. The molecule has 0 spiro atoms. The van der Waals surface area contributed by atoms with Crippen LogP contribution in [0.5, 0.6) is 0 Å².